The Kier molecular flexibility index (Phi) is 4.03. The van der Waals surface area contributed by atoms with Gasteiger partial charge in [-0.15, -0.1) is 21.5 Å². The minimum absolute atomic E-state index is 0.109. The standard InChI is InChI=1S/C16H10F3N5OS/c17-16(18,19)11-4-1-3-10(7-11)15-20-23-24(21-15)9-12-8-13(25-22-12)14-5-2-6-26-14/h1-8H,9H2. The first-order chi connectivity index (χ1) is 12.5. The first kappa shape index (κ1) is 16.5. The number of nitrogens with zero attached hydrogens (tertiary/aromatic N) is 5. The molecule has 0 atom stereocenters. The van der Waals surface area contributed by atoms with Crippen LogP contribution in [0.15, 0.2) is 52.4 Å². The van der Waals surface area contributed by atoms with Crippen LogP contribution in [0.1, 0.15) is 11.3 Å². The number of alkyl halides is 3. The summed E-state index contributed by atoms with van der Waals surface area (Å²) < 4.78 is 43.7. The normalized spacial score (nSPS) is 11.8. The van der Waals surface area contributed by atoms with E-state index in [1.54, 1.807) is 6.07 Å². The summed E-state index contributed by atoms with van der Waals surface area (Å²) in [7, 11) is 0. The van der Waals surface area contributed by atoms with Crippen molar-refractivity contribution in [1.29, 1.82) is 0 Å². The molecule has 1 aromatic carbocycles. The molecule has 0 radical (unpaired) electrons. The van der Waals surface area contributed by atoms with E-state index >= 15 is 0 Å². The molecule has 0 spiro atoms. The molecule has 0 aliphatic rings. The summed E-state index contributed by atoms with van der Waals surface area (Å²) in [6.45, 7) is 0.195. The van der Waals surface area contributed by atoms with Gasteiger partial charge in [0.1, 0.15) is 12.2 Å². The molecule has 3 heterocycles. The van der Waals surface area contributed by atoms with Gasteiger partial charge in [0.05, 0.1) is 10.4 Å². The SMILES string of the molecule is FC(F)(F)c1cccc(-c2nnn(Cc3cc(-c4cccs4)on3)n2)c1. The molecule has 4 aromatic rings. The van der Waals surface area contributed by atoms with E-state index in [0.29, 0.717) is 11.5 Å². The highest BCUT2D eigenvalue weighted by Gasteiger charge is 2.30. The summed E-state index contributed by atoms with van der Waals surface area (Å²) in [4.78, 5) is 2.20. The minimum Gasteiger partial charge on any atom is -0.355 e. The Labute approximate surface area is 148 Å². The van der Waals surface area contributed by atoms with Gasteiger partial charge in [0.2, 0.25) is 5.82 Å². The van der Waals surface area contributed by atoms with Crippen LogP contribution in [-0.4, -0.2) is 25.4 Å². The van der Waals surface area contributed by atoms with E-state index in [2.05, 4.69) is 20.6 Å². The molecule has 0 aliphatic carbocycles. The molecule has 3 aromatic heterocycles. The lowest BCUT2D eigenvalue weighted by Gasteiger charge is -2.06. The maximum Gasteiger partial charge on any atom is 0.416 e. The van der Waals surface area contributed by atoms with E-state index in [1.165, 1.54) is 28.3 Å². The first-order valence-electron chi connectivity index (χ1n) is 7.44. The summed E-state index contributed by atoms with van der Waals surface area (Å²) in [5.74, 6) is 0.742. The Morgan fingerprint density at radius 2 is 2.00 bits per heavy atom. The molecular formula is C16H10F3N5OS. The van der Waals surface area contributed by atoms with E-state index in [9.17, 15) is 13.2 Å². The fourth-order valence-electron chi connectivity index (χ4n) is 2.33. The molecule has 6 nitrogen and oxygen atoms in total. The van der Waals surface area contributed by atoms with E-state index in [0.717, 1.165) is 17.0 Å². The Balaban J connectivity index is 1.54. The van der Waals surface area contributed by atoms with Gasteiger partial charge in [-0.1, -0.05) is 23.4 Å². The van der Waals surface area contributed by atoms with Crippen LogP contribution in [0, 0.1) is 0 Å². The maximum atomic E-state index is 12.8. The molecule has 0 fully saturated rings. The minimum atomic E-state index is -4.43. The first-order valence-corrected chi connectivity index (χ1v) is 8.32. The second-order valence-electron chi connectivity index (χ2n) is 5.38. The number of tetrazole rings is 1. The zero-order valence-electron chi connectivity index (χ0n) is 13.0. The van der Waals surface area contributed by atoms with Crippen LogP contribution in [0.4, 0.5) is 13.2 Å². The van der Waals surface area contributed by atoms with E-state index in [4.69, 9.17) is 4.52 Å². The zero-order valence-corrected chi connectivity index (χ0v) is 13.8. The van der Waals surface area contributed by atoms with Crippen LogP contribution >= 0.6 is 11.3 Å². The van der Waals surface area contributed by atoms with Crippen LogP contribution in [0.3, 0.4) is 0 Å². The van der Waals surface area contributed by atoms with Gasteiger partial charge < -0.3 is 4.52 Å². The van der Waals surface area contributed by atoms with E-state index < -0.39 is 11.7 Å². The molecule has 0 saturated carbocycles. The summed E-state index contributed by atoms with van der Waals surface area (Å²) in [5.41, 5.74) is 0.0651. The molecule has 4 rings (SSSR count). The molecule has 0 unspecified atom stereocenters. The fraction of sp³-hybridized carbons (Fsp3) is 0.125. The van der Waals surface area contributed by atoms with Gasteiger partial charge in [0.15, 0.2) is 5.76 Å². The number of aromatic nitrogens is 5. The molecule has 0 amide bonds. The molecule has 26 heavy (non-hydrogen) atoms. The highest BCUT2D eigenvalue weighted by Crippen LogP contribution is 2.31. The third kappa shape index (κ3) is 3.36. The van der Waals surface area contributed by atoms with Crippen LogP contribution < -0.4 is 0 Å². The number of halogens is 3. The quantitative estimate of drug-likeness (QED) is 0.535. The average Bonchev–Trinajstić information content (AvgIpc) is 3.36. The van der Waals surface area contributed by atoms with Gasteiger partial charge in [0.25, 0.3) is 0 Å². The van der Waals surface area contributed by atoms with Gasteiger partial charge in [-0.05, 0) is 28.8 Å². The average molecular weight is 377 g/mol. The third-order valence-corrected chi connectivity index (χ3v) is 4.41. The number of thiophene rings is 1. The molecule has 132 valence electrons. The molecular weight excluding hydrogens is 367 g/mol. The third-order valence-electron chi connectivity index (χ3n) is 3.53. The smallest absolute Gasteiger partial charge is 0.355 e. The molecule has 0 bridgehead atoms. The monoisotopic (exact) mass is 377 g/mol. The number of hydrogen-bond donors (Lipinski definition) is 0. The Bertz CT molecular complexity index is 1020. The van der Waals surface area contributed by atoms with Crippen molar-refractivity contribution in [2.24, 2.45) is 0 Å². The van der Waals surface area contributed by atoms with Crippen molar-refractivity contribution in [3.05, 3.63) is 59.1 Å². The summed E-state index contributed by atoms with van der Waals surface area (Å²) >= 11 is 1.52. The molecule has 0 saturated heterocycles. The van der Waals surface area contributed by atoms with Crippen molar-refractivity contribution >= 4 is 11.3 Å². The summed E-state index contributed by atoms with van der Waals surface area (Å²) in [6, 6.07) is 10.4. The maximum absolute atomic E-state index is 12.8. The van der Waals surface area contributed by atoms with Crippen molar-refractivity contribution in [2.75, 3.05) is 0 Å². The predicted molar refractivity (Wildman–Crippen MR) is 87.2 cm³/mol. The van der Waals surface area contributed by atoms with Crippen molar-refractivity contribution in [3.8, 4) is 22.0 Å². The zero-order chi connectivity index (χ0) is 18.1. The topological polar surface area (TPSA) is 69.6 Å². The van der Waals surface area contributed by atoms with Crippen molar-refractivity contribution in [3.63, 3.8) is 0 Å². The highest BCUT2D eigenvalue weighted by atomic mass is 32.1. The Morgan fingerprint density at radius 1 is 1.12 bits per heavy atom. The largest absolute Gasteiger partial charge is 0.416 e. The van der Waals surface area contributed by atoms with E-state index in [-0.39, 0.29) is 17.9 Å². The number of benzene rings is 1. The van der Waals surface area contributed by atoms with Crippen LogP contribution in [0.2, 0.25) is 0 Å². The lowest BCUT2D eigenvalue weighted by atomic mass is 10.1. The fourth-order valence-corrected chi connectivity index (χ4v) is 3.00. The van der Waals surface area contributed by atoms with Gasteiger partial charge in [-0.25, -0.2) is 0 Å². The number of hydrogen-bond acceptors (Lipinski definition) is 6. The van der Waals surface area contributed by atoms with Crippen molar-refractivity contribution in [1.82, 2.24) is 25.4 Å². The second-order valence-corrected chi connectivity index (χ2v) is 6.33. The second kappa shape index (κ2) is 6.37. The lowest BCUT2D eigenvalue weighted by molar-refractivity contribution is -0.137. The van der Waals surface area contributed by atoms with Crippen LogP contribution in [-0.2, 0) is 12.7 Å². The van der Waals surface area contributed by atoms with Gasteiger partial charge in [-0.2, -0.15) is 18.0 Å². The van der Waals surface area contributed by atoms with Gasteiger partial charge in [0, 0.05) is 11.6 Å². The number of rotatable bonds is 4. The summed E-state index contributed by atoms with van der Waals surface area (Å²) in [6.07, 6.45) is -4.43. The van der Waals surface area contributed by atoms with Crippen molar-refractivity contribution < 1.29 is 17.7 Å². The molecule has 10 heteroatoms. The lowest BCUT2D eigenvalue weighted by Crippen LogP contribution is -2.05. The Hall–Kier alpha value is -3.01. The Morgan fingerprint density at radius 3 is 2.77 bits per heavy atom. The highest BCUT2D eigenvalue weighted by molar-refractivity contribution is 7.13. The predicted octanol–water partition coefficient (Wildman–Crippen LogP) is 4.12. The van der Waals surface area contributed by atoms with Gasteiger partial charge >= 0.3 is 6.18 Å². The van der Waals surface area contributed by atoms with Gasteiger partial charge in [-0.3, -0.25) is 0 Å². The van der Waals surface area contributed by atoms with Crippen LogP contribution in [0.25, 0.3) is 22.0 Å². The van der Waals surface area contributed by atoms with E-state index in [1.807, 2.05) is 17.5 Å². The molecule has 0 N–H and O–H groups in total. The summed E-state index contributed by atoms with van der Waals surface area (Å²) in [5, 5.41) is 17.7. The van der Waals surface area contributed by atoms with Crippen molar-refractivity contribution in [2.45, 2.75) is 12.7 Å². The van der Waals surface area contributed by atoms with Crippen LogP contribution in [0.5, 0.6) is 0 Å². The molecule has 0 aliphatic heterocycles.